The van der Waals surface area contributed by atoms with Crippen molar-refractivity contribution in [3.63, 3.8) is 0 Å². The largest absolute Gasteiger partial charge is 0.550 e. The molecule has 0 aliphatic carbocycles. The smallest absolute Gasteiger partial charge is 0.336 e. The van der Waals surface area contributed by atoms with Crippen LogP contribution < -0.4 is 5.11 Å². The summed E-state index contributed by atoms with van der Waals surface area (Å²) >= 11 is 0. The number of nitrogens with zero attached hydrogens (tertiary/aromatic N) is 1. The van der Waals surface area contributed by atoms with E-state index in [1.54, 1.807) is 0 Å². The second kappa shape index (κ2) is 13.3. The minimum absolute atomic E-state index is 0. The summed E-state index contributed by atoms with van der Waals surface area (Å²) < 4.78 is 5.46. The van der Waals surface area contributed by atoms with E-state index in [0.717, 1.165) is 0 Å². The fourth-order valence-corrected chi connectivity index (χ4v) is 1.89. The van der Waals surface area contributed by atoms with Gasteiger partial charge in [0.1, 0.15) is 6.54 Å². The topological polar surface area (TPSA) is 199 Å². The van der Waals surface area contributed by atoms with Gasteiger partial charge in [-0.2, -0.15) is 0 Å². The van der Waals surface area contributed by atoms with Crippen molar-refractivity contribution < 1.29 is 58.7 Å². The summed E-state index contributed by atoms with van der Waals surface area (Å²) in [5, 5.41) is 44.1. The first kappa shape index (κ1) is 30.8. The molecule has 0 saturated heterocycles. The molecule has 0 saturated carbocycles. The summed E-state index contributed by atoms with van der Waals surface area (Å²) in [5.74, 6) is -6.73. The number of carboxylic acids is 4. The van der Waals surface area contributed by atoms with E-state index in [4.69, 9.17) is 25.2 Å². The molecule has 2 atom stereocenters. The van der Waals surface area contributed by atoms with Crippen molar-refractivity contribution in [2.75, 3.05) is 27.7 Å². The second-order valence-corrected chi connectivity index (χ2v) is 6.76. The zero-order chi connectivity index (χ0) is 22.0. The maximum atomic E-state index is 10.7. The van der Waals surface area contributed by atoms with Gasteiger partial charge in [0.05, 0.1) is 34.0 Å². The van der Waals surface area contributed by atoms with Crippen LogP contribution in [0.25, 0.3) is 0 Å². The Morgan fingerprint density at radius 1 is 1.00 bits per heavy atom. The highest BCUT2D eigenvalue weighted by atomic mass is 24.3. The number of quaternary nitrogens is 1. The molecule has 28 heavy (non-hydrogen) atoms. The first-order valence-corrected chi connectivity index (χ1v) is 7.55. The highest BCUT2D eigenvalue weighted by molar-refractivity contribution is 5.87. The van der Waals surface area contributed by atoms with E-state index >= 15 is 0 Å². The lowest BCUT2D eigenvalue weighted by Crippen LogP contribution is -2.45. The van der Waals surface area contributed by atoms with Crippen LogP contribution in [-0.4, -0.2) is 117 Å². The zero-order valence-electron chi connectivity index (χ0n) is 16.2. The molecule has 0 aromatic rings. The summed E-state index contributed by atoms with van der Waals surface area (Å²) in [4.78, 5) is 51.5. The number of ether oxygens (including phenoxy) is 1. The van der Waals surface area contributed by atoms with Gasteiger partial charge in [-0.25, -0.2) is 4.79 Å². The molecule has 4 N–H and O–H groups in total. The Hall–Kier alpha value is -1.96. The molecule has 0 amide bonds. The van der Waals surface area contributed by atoms with Crippen LogP contribution in [0.15, 0.2) is 0 Å². The Labute approximate surface area is 177 Å². The van der Waals surface area contributed by atoms with Gasteiger partial charge < -0.3 is 39.5 Å². The van der Waals surface area contributed by atoms with Gasteiger partial charge in [0.2, 0.25) is 0 Å². The second-order valence-electron chi connectivity index (χ2n) is 6.76. The fraction of sp³-hybridized carbons (Fsp3) is 0.667. The van der Waals surface area contributed by atoms with E-state index in [-0.39, 0.29) is 29.5 Å². The van der Waals surface area contributed by atoms with Crippen LogP contribution in [0.5, 0.6) is 0 Å². The number of aliphatic hydroxyl groups is 1. The van der Waals surface area contributed by atoms with Gasteiger partial charge in [0.25, 0.3) is 0 Å². The van der Waals surface area contributed by atoms with Crippen LogP contribution in [-0.2, 0) is 28.7 Å². The van der Waals surface area contributed by atoms with Crippen LogP contribution in [0.1, 0.15) is 26.2 Å². The Balaban J connectivity index is -0.000000432. The molecule has 0 aromatic carbocycles. The van der Waals surface area contributed by atoms with Gasteiger partial charge in [0.15, 0.2) is 11.7 Å². The Bertz CT molecular complexity index is 539. The van der Waals surface area contributed by atoms with Gasteiger partial charge in [-0.3, -0.25) is 14.4 Å². The number of carboxylic acid groups (broad SMARTS) is 4. The third-order valence-corrected chi connectivity index (χ3v) is 2.76. The van der Waals surface area contributed by atoms with Gasteiger partial charge in [-0.1, -0.05) is 0 Å². The van der Waals surface area contributed by atoms with Crippen molar-refractivity contribution >= 4 is 52.9 Å². The lowest BCUT2D eigenvalue weighted by Gasteiger charge is -2.28. The highest BCUT2D eigenvalue weighted by Crippen LogP contribution is 2.15. The Morgan fingerprint density at radius 2 is 1.46 bits per heavy atom. The van der Waals surface area contributed by atoms with E-state index in [0.29, 0.717) is 11.0 Å². The summed E-state index contributed by atoms with van der Waals surface area (Å²) in [5.41, 5.74) is -2.80. The normalized spacial score (nSPS) is 13.5. The third-order valence-electron chi connectivity index (χ3n) is 2.76. The van der Waals surface area contributed by atoms with E-state index in [9.17, 15) is 29.1 Å². The van der Waals surface area contributed by atoms with Crippen molar-refractivity contribution in [1.82, 2.24) is 0 Å². The molecule has 0 aliphatic rings. The molecule has 0 fully saturated rings. The van der Waals surface area contributed by atoms with Gasteiger partial charge in [0, 0.05) is 42.4 Å². The zero-order valence-corrected chi connectivity index (χ0v) is 17.6. The van der Waals surface area contributed by atoms with Crippen LogP contribution in [0.2, 0.25) is 0 Å². The Kier molecular flexibility index (Phi) is 14.6. The molecule has 158 valence electrons. The number of aliphatic carboxylic acids is 4. The van der Waals surface area contributed by atoms with E-state index in [1.165, 1.54) is 6.92 Å². The van der Waals surface area contributed by atoms with E-state index in [2.05, 4.69) is 0 Å². The third kappa shape index (κ3) is 17.5. The molecule has 2 radical (unpaired) electrons. The monoisotopic (exact) mass is 419 g/mol. The number of hydrogen-bond donors (Lipinski definition) is 4. The minimum Gasteiger partial charge on any atom is -0.550 e. The summed E-state index contributed by atoms with van der Waals surface area (Å²) in [6.45, 7) is 1.77. The number of hydrogen-bond acceptors (Lipinski definition) is 8. The quantitative estimate of drug-likeness (QED) is 0.161. The lowest BCUT2D eigenvalue weighted by molar-refractivity contribution is -0.873. The predicted molar refractivity (Wildman–Crippen MR) is 90.9 cm³/mol. The van der Waals surface area contributed by atoms with Crippen LogP contribution in [0, 0.1) is 0 Å². The van der Waals surface area contributed by atoms with Crippen LogP contribution in [0.3, 0.4) is 0 Å². The maximum Gasteiger partial charge on any atom is 0.336 e. The fourth-order valence-electron chi connectivity index (χ4n) is 1.89. The van der Waals surface area contributed by atoms with E-state index < -0.39 is 54.4 Å². The number of likely N-dealkylation sites (N-methyl/N-ethyl adjacent to an activating group) is 1. The average molecular weight is 420 g/mol. The summed E-state index contributed by atoms with van der Waals surface area (Å²) in [6, 6.07) is 0. The van der Waals surface area contributed by atoms with Gasteiger partial charge in [-0.05, 0) is 0 Å². The molecular formula is C15H25MgNO11. The van der Waals surface area contributed by atoms with Crippen molar-refractivity contribution in [1.29, 1.82) is 0 Å². The van der Waals surface area contributed by atoms with Crippen molar-refractivity contribution in [2.24, 2.45) is 0 Å². The SMILES string of the molecule is CC(=O)O[C@H](CC(=O)O)C[N+](C)(C)C.O=C([O-])CC(O)(CC(=O)O)C(=O)O.[Mg]. The number of esters is 1. The summed E-state index contributed by atoms with van der Waals surface area (Å²) in [6.07, 6.45) is -3.13. The molecule has 12 nitrogen and oxygen atoms in total. The highest BCUT2D eigenvalue weighted by Gasteiger charge is 2.38. The minimum atomic E-state index is -2.80. The van der Waals surface area contributed by atoms with Crippen molar-refractivity contribution in [2.45, 2.75) is 37.9 Å². The predicted octanol–water partition coefficient (Wildman–Crippen LogP) is -2.86. The molecule has 0 aromatic heterocycles. The Morgan fingerprint density at radius 3 is 1.71 bits per heavy atom. The molecule has 0 spiro atoms. The first-order valence-electron chi connectivity index (χ1n) is 7.55. The van der Waals surface area contributed by atoms with Crippen molar-refractivity contribution in [3.05, 3.63) is 0 Å². The van der Waals surface area contributed by atoms with Gasteiger partial charge in [-0.15, -0.1) is 0 Å². The molecule has 0 aliphatic heterocycles. The first-order chi connectivity index (χ1) is 12.0. The standard InChI is InChI=1S/C9H17NO4.C6H8O7.Mg/c1-7(11)14-8(5-9(12)13)6-10(2,3)4;7-3(8)1-6(13,5(11)12)2-4(9)10;/h8H,5-6H2,1-4H3;13H,1-2H2,(H,7,8)(H,9,10)(H,11,12);/t8-;;/m1../s1. The summed E-state index contributed by atoms with van der Waals surface area (Å²) in [7, 11) is 5.75. The maximum absolute atomic E-state index is 10.7. The molecule has 13 heteroatoms. The molecular weight excluding hydrogens is 394 g/mol. The van der Waals surface area contributed by atoms with Crippen LogP contribution >= 0.6 is 0 Å². The number of rotatable bonds is 10. The van der Waals surface area contributed by atoms with Gasteiger partial charge >= 0.3 is 23.9 Å². The van der Waals surface area contributed by atoms with Crippen molar-refractivity contribution in [3.8, 4) is 0 Å². The average Bonchev–Trinajstić information content (AvgIpc) is 2.32. The molecule has 0 bridgehead atoms. The number of carbonyl (C=O) groups is 5. The number of carbonyl (C=O) groups excluding carboxylic acids is 2. The van der Waals surface area contributed by atoms with Crippen LogP contribution in [0.4, 0.5) is 0 Å². The molecule has 0 rings (SSSR count). The molecule has 1 unspecified atom stereocenters. The molecule has 0 heterocycles. The lowest BCUT2D eigenvalue weighted by atomic mass is 9.96. The van der Waals surface area contributed by atoms with E-state index in [1.807, 2.05) is 21.1 Å².